The molecule has 2 aromatic rings. The van der Waals surface area contributed by atoms with Crippen molar-refractivity contribution in [3.05, 3.63) is 71.8 Å². The van der Waals surface area contributed by atoms with Gasteiger partial charge in [0, 0.05) is 13.0 Å². The normalized spacial score (nSPS) is 17.1. The number of urea groups is 1. The van der Waals surface area contributed by atoms with Crippen molar-refractivity contribution in [1.82, 2.24) is 15.5 Å². The third kappa shape index (κ3) is 5.42. The van der Waals surface area contributed by atoms with Crippen LogP contribution in [0.2, 0.25) is 0 Å². The van der Waals surface area contributed by atoms with Crippen molar-refractivity contribution in [3.63, 3.8) is 0 Å². The fourth-order valence-electron chi connectivity index (χ4n) is 3.33. The summed E-state index contributed by atoms with van der Waals surface area (Å²) in [5, 5.41) is 15.0. The molecule has 1 saturated heterocycles. The molecule has 1 heterocycles. The van der Waals surface area contributed by atoms with E-state index in [0.29, 0.717) is 13.0 Å². The van der Waals surface area contributed by atoms with E-state index in [1.807, 2.05) is 60.7 Å². The van der Waals surface area contributed by atoms with Crippen LogP contribution >= 0.6 is 0 Å². The molecule has 1 aliphatic heterocycles. The Balaban J connectivity index is 1.48. The summed E-state index contributed by atoms with van der Waals surface area (Å²) in [6.07, 6.45) is 0.875. The van der Waals surface area contributed by atoms with E-state index in [2.05, 4.69) is 10.6 Å². The predicted molar refractivity (Wildman–Crippen MR) is 108 cm³/mol. The van der Waals surface area contributed by atoms with E-state index in [1.165, 1.54) is 4.90 Å². The minimum atomic E-state index is -0.701. The summed E-state index contributed by atoms with van der Waals surface area (Å²) >= 11 is 0. The molecule has 1 fully saturated rings. The summed E-state index contributed by atoms with van der Waals surface area (Å²) in [4.78, 5) is 38.1. The second-order valence-electron chi connectivity index (χ2n) is 6.98. The van der Waals surface area contributed by atoms with Crippen LogP contribution in [0.15, 0.2) is 60.7 Å². The average Bonchev–Trinajstić information content (AvgIpc) is 3.03. The van der Waals surface area contributed by atoms with Crippen LogP contribution in [-0.4, -0.2) is 47.0 Å². The highest BCUT2D eigenvalue weighted by atomic mass is 16.3. The Hall–Kier alpha value is -3.19. The molecule has 0 radical (unpaired) electrons. The summed E-state index contributed by atoms with van der Waals surface area (Å²) in [6.45, 7) is 0.0834. The van der Waals surface area contributed by atoms with Gasteiger partial charge in [0.25, 0.3) is 5.91 Å². The van der Waals surface area contributed by atoms with Crippen molar-refractivity contribution in [2.45, 2.75) is 31.3 Å². The molecule has 2 aromatic carbocycles. The van der Waals surface area contributed by atoms with Gasteiger partial charge in [0.15, 0.2) is 0 Å². The van der Waals surface area contributed by atoms with Gasteiger partial charge in [-0.1, -0.05) is 60.7 Å². The monoisotopic (exact) mass is 395 g/mol. The minimum Gasteiger partial charge on any atom is -0.394 e. The van der Waals surface area contributed by atoms with E-state index < -0.39 is 18.1 Å². The summed E-state index contributed by atoms with van der Waals surface area (Å²) in [7, 11) is 0. The van der Waals surface area contributed by atoms with E-state index in [-0.39, 0.29) is 31.3 Å². The number of aliphatic hydroxyl groups excluding tert-OH is 1. The van der Waals surface area contributed by atoms with Gasteiger partial charge in [0.05, 0.1) is 12.6 Å². The number of carbonyl (C=O) groups is 3. The number of rotatable bonds is 9. The Morgan fingerprint density at radius 1 is 1.07 bits per heavy atom. The summed E-state index contributed by atoms with van der Waals surface area (Å²) in [5.41, 5.74) is 1.85. The van der Waals surface area contributed by atoms with Crippen LogP contribution in [0.25, 0.3) is 0 Å². The zero-order valence-electron chi connectivity index (χ0n) is 16.1. The first-order chi connectivity index (χ1) is 14.1. The van der Waals surface area contributed by atoms with Crippen LogP contribution in [0.4, 0.5) is 4.79 Å². The number of carbonyl (C=O) groups excluding carboxylic acids is 3. The molecule has 0 saturated carbocycles. The minimum absolute atomic E-state index is 0.0759. The van der Waals surface area contributed by atoms with E-state index in [4.69, 9.17) is 0 Å². The van der Waals surface area contributed by atoms with Crippen molar-refractivity contribution >= 4 is 17.8 Å². The lowest BCUT2D eigenvalue weighted by molar-refractivity contribution is -0.127. The smallest absolute Gasteiger partial charge is 0.324 e. The maximum atomic E-state index is 12.5. The van der Waals surface area contributed by atoms with Crippen LogP contribution in [0, 0.1) is 0 Å². The number of benzene rings is 2. The van der Waals surface area contributed by atoms with E-state index in [0.717, 1.165) is 11.1 Å². The first kappa shape index (κ1) is 20.5. The number of nitrogens with zero attached hydrogens (tertiary/aromatic N) is 1. The lowest BCUT2D eigenvalue weighted by Crippen LogP contribution is -2.35. The third-order valence-corrected chi connectivity index (χ3v) is 4.95. The molecule has 3 rings (SSSR count). The molecule has 0 spiro atoms. The van der Waals surface area contributed by atoms with Crippen LogP contribution in [0.1, 0.15) is 30.0 Å². The van der Waals surface area contributed by atoms with Gasteiger partial charge in [-0.05, 0) is 24.0 Å². The number of amides is 4. The van der Waals surface area contributed by atoms with Gasteiger partial charge in [-0.3, -0.25) is 14.5 Å². The number of hydrogen-bond donors (Lipinski definition) is 3. The molecule has 4 amide bonds. The molecular weight excluding hydrogens is 370 g/mol. The Morgan fingerprint density at radius 2 is 1.72 bits per heavy atom. The molecule has 2 unspecified atom stereocenters. The summed E-state index contributed by atoms with van der Waals surface area (Å²) < 4.78 is 0. The van der Waals surface area contributed by atoms with Crippen LogP contribution in [-0.2, 0) is 16.0 Å². The molecule has 0 aliphatic carbocycles. The third-order valence-electron chi connectivity index (χ3n) is 4.95. The quantitative estimate of drug-likeness (QED) is 0.564. The molecule has 0 aromatic heterocycles. The number of hydrogen-bond acceptors (Lipinski definition) is 4. The van der Waals surface area contributed by atoms with Crippen molar-refractivity contribution in [2.75, 3.05) is 13.2 Å². The number of imide groups is 1. The lowest BCUT2D eigenvalue weighted by Gasteiger charge is -2.17. The zero-order valence-corrected chi connectivity index (χ0v) is 16.1. The molecule has 2 atom stereocenters. The fraction of sp³-hybridized carbons (Fsp3) is 0.318. The standard InChI is InChI=1S/C22H25N3O4/c26-15-19(17-9-5-2-6-10-17)23-20(27)12-11-18-21(28)25(22(29)24-18)14-13-16-7-3-1-4-8-16/h1-10,18-19,26H,11-15H2,(H,23,27)(H,24,29). The highest BCUT2D eigenvalue weighted by Gasteiger charge is 2.37. The SMILES string of the molecule is O=C(CCC1NC(=O)N(CCc2ccccc2)C1=O)NC(CO)c1ccccc1. The second kappa shape index (κ2) is 9.84. The highest BCUT2D eigenvalue weighted by Crippen LogP contribution is 2.15. The maximum Gasteiger partial charge on any atom is 0.324 e. The van der Waals surface area contributed by atoms with Gasteiger partial charge in [0.1, 0.15) is 6.04 Å². The molecule has 3 N–H and O–H groups in total. The Bertz CT molecular complexity index is 842. The van der Waals surface area contributed by atoms with Gasteiger partial charge in [-0.15, -0.1) is 0 Å². The predicted octanol–water partition coefficient (Wildman–Crippen LogP) is 1.78. The first-order valence-electron chi connectivity index (χ1n) is 9.69. The van der Waals surface area contributed by atoms with Crippen molar-refractivity contribution in [3.8, 4) is 0 Å². The van der Waals surface area contributed by atoms with E-state index in [1.54, 1.807) is 0 Å². The molecule has 29 heavy (non-hydrogen) atoms. The molecule has 7 heteroatoms. The Kier molecular flexibility index (Phi) is 6.97. The average molecular weight is 395 g/mol. The topological polar surface area (TPSA) is 98.7 Å². The molecule has 1 aliphatic rings. The number of aliphatic hydroxyl groups is 1. The van der Waals surface area contributed by atoms with E-state index >= 15 is 0 Å². The second-order valence-corrected chi connectivity index (χ2v) is 6.98. The molecule has 0 bridgehead atoms. The molecule has 7 nitrogen and oxygen atoms in total. The van der Waals surface area contributed by atoms with Gasteiger partial charge in [0.2, 0.25) is 5.91 Å². The fourth-order valence-corrected chi connectivity index (χ4v) is 3.33. The van der Waals surface area contributed by atoms with Crippen molar-refractivity contribution in [2.24, 2.45) is 0 Å². The Labute approximate surface area is 169 Å². The largest absolute Gasteiger partial charge is 0.394 e. The zero-order chi connectivity index (χ0) is 20.6. The van der Waals surface area contributed by atoms with Gasteiger partial charge >= 0.3 is 6.03 Å². The Morgan fingerprint density at radius 3 is 2.38 bits per heavy atom. The summed E-state index contributed by atoms with van der Waals surface area (Å²) in [6, 6.07) is 17.2. The van der Waals surface area contributed by atoms with Crippen molar-refractivity contribution < 1.29 is 19.5 Å². The van der Waals surface area contributed by atoms with Gasteiger partial charge in [-0.2, -0.15) is 0 Å². The van der Waals surface area contributed by atoms with Crippen LogP contribution in [0.3, 0.4) is 0 Å². The molecule has 152 valence electrons. The van der Waals surface area contributed by atoms with Gasteiger partial charge < -0.3 is 15.7 Å². The highest BCUT2D eigenvalue weighted by molar-refractivity contribution is 6.04. The van der Waals surface area contributed by atoms with Crippen molar-refractivity contribution in [1.29, 1.82) is 0 Å². The maximum absolute atomic E-state index is 12.5. The van der Waals surface area contributed by atoms with Crippen LogP contribution < -0.4 is 10.6 Å². The summed E-state index contributed by atoms with van der Waals surface area (Å²) in [5.74, 6) is -0.585. The number of nitrogens with one attached hydrogen (secondary N) is 2. The lowest BCUT2D eigenvalue weighted by atomic mass is 10.1. The van der Waals surface area contributed by atoms with E-state index in [9.17, 15) is 19.5 Å². The van der Waals surface area contributed by atoms with Gasteiger partial charge in [-0.25, -0.2) is 4.79 Å². The molecular formula is C22H25N3O4. The van der Waals surface area contributed by atoms with Crippen LogP contribution in [0.5, 0.6) is 0 Å². The first-order valence-corrected chi connectivity index (χ1v) is 9.69.